The molecule has 0 aromatic carbocycles. The first-order valence-corrected chi connectivity index (χ1v) is 9.18. The molecule has 10 heteroatoms. The smallest absolute Gasteiger partial charge is 0.311 e. The molecule has 1 aliphatic rings. The Morgan fingerprint density at radius 2 is 1.93 bits per heavy atom. The van der Waals surface area contributed by atoms with Gasteiger partial charge in [-0.15, -0.1) is 0 Å². The third-order valence-corrected chi connectivity index (χ3v) is 4.30. The van der Waals surface area contributed by atoms with Crippen molar-refractivity contribution in [2.75, 3.05) is 51.2 Å². The van der Waals surface area contributed by atoms with E-state index in [0.717, 1.165) is 0 Å². The lowest BCUT2D eigenvalue weighted by Crippen LogP contribution is -2.54. The van der Waals surface area contributed by atoms with Crippen molar-refractivity contribution in [2.45, 2.75) is 26.3 Å². The number of amides is 2. The summed E-state index contributed by atoms with van der Waals surface area (Å²) in [5.41, 5.74) is -0.402. The molecule has 0 saturated carbocycles. The lowest BCUT2D eigenvalue weighted by atomic mass is 10.1. The van der Waals surface area contributed by atoms with Crippen molar-refractivity contribution in [1.29, 1.82) is 0 Å². The molecule has 1 N–H and O–H groups in total. The highest BCUT2D eigenvalue weighted by molar-refractivity contribution is 5.82. The zero-order valence-electron chi connectivity index (χ0n) is 16.8. The maximum absolute atomic E-state index is 12.6. The van der Waals surface area contributed by atoms with Crippen molar-refractivity contribution in [1.82, 2.24) is 20.1 Å². The molecular formula is C18H28N6O4. The number of pyridine rings is 1. The summed E-state index contributed by atoms with van der Waals surface area (Å²) in [5, 5.41) is 14.1. The van der Waals surface area contributed by atoms with Crippen LogP contribution in [0.15, 0.2) is 18.3 Å². The molecule has 1 aromatic rings. The Bertz CT molecular complexity index is 725. The van der Waals surface area contributed by atoms with Crippen molar-refractivity contribution in [3.63, 3.8) is 0 Å². The van der Waals surface area contributed by atoms with Crippen LogP contribution in [0.3, 0.4) is 0 Å². The number of hydrogen-bond acceptors (Lipinski definition) is 7. The Morgan fingerprint density at radius 1 is 1.29 bits per heavy atom. The molecule has 2 heterocycles. The van der Waals surface area contributed by atoms with Crippen molar-refractivity contribution < 1.29 is 14.5 Å². The zero-order valence-corrected chi connectivity index (χ0v) is 16.8. The topological polar surface area (TPSA) is 112 Å². The standard InChI is InChI=1S/C18H28N6O4/c1-18(2,3)20-15(25)12-22-8-10-23(11-9-22)16(26)13-21(4)17-14(24(27)28)6-5-7-19-17/h5-7H,8-13H2,1-4H3,(H,20,25). The molecule has 0 radical (unpaired) electrons. The Morgan fingerprint density at radius 3 is 2.50 bits per heavy atom. The van der Waals surface area contributed by atoms with Gasteiger partial charge in [0.15, 0.2) is 0 Å². The average molecular weight is 392 g/mol. The maximum Gasteiger partial charge on any atom is 0.311 e. The van der Waals surface area contributed by atoms with Crippen LogP contribution in [0, 0.1) is 10.1 Å². The van der Waals surface area contributed by atoms with E-state index in [2.05, 4.69) is 10.3 Å². The fraction of sp³-hybridized carbons (Fsp3) is 0.611. The summed E-state index contributed by atoms with van der Waals surface area (Å²) in [4.78, 5) is 44.5. The van der Waals surface area contributed by atoms with Gasteiger partial charge in [-0.05, 0) is 26.8 Å². The Balaban J connectivity index is 1.85. The average Bonchev–Trinajstić information content (AvgIpc) is 2.60. The lowest BCUT2D eigenvalue weighted by Gasteiger charge is -2.35. The summed E-state index contributed by atoms with van der Waals surface area (Å²) in [7, 11) is 1.61. The van der Waals surface area contributed by atoms with Crippen molar-refractivity contribution in [2.24, 2.45) is 0 Å². The molecule has 2 rings (SSSR count). The molecule has 0 spiro atoms. The quantitative estimate of drug-likeness (QED) is 0.554. The third-order valence-electron chi connectivity index (χ3n) is 4.30. The minimum atomic E-state index is -0.509. The van der Waals surface area contributed by atoms with Gasteiger partial charge >= 0.3 is 5.69 Å². The second-order valence-electron chi connectivity index (χ2n) is 7.91. The fourth-order valence-electron chi connectivity index (χ4n) is 3.02. The number of likely N-dealkylation sites (N-methyl/N-ethyl adjacent to an activating group) is 1. The zero-order chi connectivity index (χ0) is 20.9. The number of anilines is 1. The van der Waals surface area contributed by atoms with Gasteiger partial charge in [0, 0.05) is 51.0 Å². The van der Waals surface area contributed by atoms with Gasteiger partial charge in [-0.1, -0.05) is 0 Å². The summed E-state index contributed by atoms with van der Waals surface area (Å²) in [6.07, 6.45) is 1.46. The van der Waals surface area contributed by atoms with E-state index < -0.39 is 4.92 Å². The van der Waals surface area contributed by atoms with Gasteiger partial charge in [0.2, 0.25) is 17.6 Å². The molecule has 0 aliphatic carbocycles. The first-order valence-electron chi connectivity index (χ1n) is 9.18. The first kappa shape index (κ1) is 21.5. The third kappa shape index (κ3) is 6.15. The molecule has 1 aromatic heterocycles. The summed E-state index contributed by atoms with van der Waals surface area (Å²) < 4.78 is 0. The number of carbonyl (C=O) groups is 2. The molecule has 0 atom stereocenters. The van der Waals surface area contributed by atoms with Gasteiger partial charge in [0.1, 0.15) is 0 Å². The summed E-state index contributed by atoms with van der Waals surface area (Å²) in [5.74, 6) is 0.00838. The second-order valence-corrected chi connectivity index (χ2v) is 7.91. The molecule has 2 amide bonds. The van der Waals surface area contributed by atoms with Crippen LogP contribution in [0.2, 0.25) is 0 Å². The maximum atomic E-state index is 12.6. The van der Waals surface area contributed by atoms with Crippen molar-refractivity contribution >= 4 is 23.3 Å². The van der Waals surface area contributed by atoms with Crippen LogP contribution < -0.4 is 10.2 Å². The van der Waals surface area contributed by atoms with Crippen LogP contribution in [-0.2, 0) is 9.59 Å². The van der Waals surface area contributed by atoms with Crippen molar-refractivity contribution in [3.05, 3.63) is 28.4 Å². The number of nitro groups is 1. The number of rotatable bonds is 6. The molecular weight excluding hydrogens is 364 g/mol. The minimum Gasteiger partial charge on any atom is -0.350 e. The molecule has 1 fully saturated rings. The van der Waals surface area contributed by atoms with E-state index in [-0.39, 0.29) is 35.4 Å². The largest absolute Gasteiger partial charge is 0.350 e. The van der Waals surface area contributed by atoms with Crippen molar-refractivity contribution in [3.8, 4) is 0 Å². The van der Waals surface area contributed by atoms with E-state index >= 15 is 0 Å². The number of nitrogens with one attached hydrogen (secondary N) is 1. The number of nitrogens with zero attached hydrogens (tertiary/aromatic N) is 5. The SMILES string of the molecule is CN(CC(=O)N1CCN(CC(=O)NC(C)(C)C)CC1)c1ncccc1[N+](=O)[O-]. The van der Waals surface area contributed by atoms with Gasteiger partial charge < -0.3 is 15.1 Å². The highest BCUT2D eigenvalue weighted by Gasteiger charge is 2.26. The normalized spacial score (nSPS) is 15.2. The summed E-state index contributed by atoms with van der Waals surface area (Å²) >= 11 is 0. The number of aromatic nitrogens is 1. The van der Waals surface area contributed by atoms with E-state index in [1.807, 2.05) is 25.7 Å². The van der Waals surface area contributed by atoms with E-state index in [1.165, 1.54) is 23.2 Å². The van der Waals surface area contributed by atoms with Gasteiger partial charge in [-0.3, -0.25) is 24.6 Å². The molecule has 1 saturated heterocycles. The van der Waals surface area contributed by atoms with Crippen LogP contribution in [0.4, 0.5) is 11.5 Å². The summed E-state index contributed by atoms with van der Waals surface area (Å²) in [6.45, 7) is 8.35. The first-order chi connectivity index (χ1) is 13.1. The van der Waals surface area contributed by atoms with Crippen LogP contribution in [0.25, 0.3) is 0 Å². The summed E-state index contributed by atoms with van der Waals surface area (Å²) in [6, 6.07) is 2.86. The Hall–Kier alpha value is -2.75. The Kier molecular flexibility index (Phi) is 6.90. The second kappa shape index (κ2) is 8.96. The molecule has 1 aliphatic heterocycles. The lowest BCUT2D eigenvalue weighted by molar-refractivity contribution is -0.384. The molecule has 28 heavy (non-hydrogen) atoms. The van der Waals surface area contributed by atoms with Crippen LogP contribution in [0.5, 0.6) is 0 Å². The van der Waals surface area contributed by atoms with Gasteiger partial charge in [-0.25, -0.2) is 4.98 Å². The van der Waals surface area contributed by atoms with Crippen LogP contribution in [-0.4, -0.2) is 83.4 Å². The number of piperazine rings is 1. The molecule has 10 nitrogen and oxygen atoms in total. The van der Waals surface area contributed by atoms with Gasteiger partial charge in [0.05, 0.1) is 18.0 Å². The number of carbonyl (C=O) groups excluding carboxylic acids is 2. The van der Waals surface area contributed by atoms with Crippen LogP contribution in [0.1, 0.15) is 20.8 Å². The molecule has 0 unspecified atom stereocenters. The highest BCUT2D eigenvalue weighted by atomic mass is 16.6. The highest BCUT2D eigenvalue weighted by Crippen LogP contribution is 2.23. The van der Waals surface area contributed by atoms with Gasteiger partial charge in [0.25, 0.3) is 0 Å². The van der Waals surface area contributed by atoms with E-state index in [4.69, 9.17) is 0 Å². The fourth-order valence-corrected chi connectivity index (χ4v) is 3.02. The monoisotopic (exact) mass is 392 g/mol. The molecule has 154 valence electrons. The van der Waals surface area contributed by atoms with E-state index in [1.54, 1.807) is 11.9 Å². The minimum absolute atomic E-state index is 0.00234. The van der Waals surface area contributed by atoms with E-state index in [9.17, 15) is 19.7 Å². The molecule has 0 bridgehead atoms. The van der Waals surface area contributed by atoms with Crippen LogP contribution >= 0.6 is 0 Å². The van der Waals surface area contributed by atoms with E-state index in [0.29, 0.717) is 32.7 Å². The Labute approximate surface area is 164 Å². The predicted molar refractivity (Wildman–Crippen MR) is 105 cm³/mol. The predicted octanol–water partition coefficient (Wildman–Crippen LogP) is 0.485. The van der Waals surface area contributed by atoms with Gasteiger partial charge in [-0.2, -0.15) is 0 Å². The number of hydrogen-bond donors (Lipinski definition) is 1.